The first-order chi connectivity index (χ1) is 9.99. The Kier molecular flexibility index (Phi) is 4.70. The number of benzene rings is 2. The minimum atomic E-state index is -0.653. The van der Waals surface area contributed by atoms with Crippen molar-refractivity contribution in [2.24, 2.45) is 5.73 Å². The predicted molar refractivity (Wildman–Crippen MR) is 81.1 cm³/mol. The smallest absolute Gasteiger partial charge is 0.239 e. The number of aryl methyl sites for hydroxylation is 1. The van der Waals surface area contributed by atoms with Gasteiger partial charge in [-0.15, -0.1) is 0 Å². The van der Waals surface area contributed by atoms with Gasteiger partial charge in [-0.1, -0.05) is 36.4 Å². The van der Waals surface area contributed by atoms with Crippen molar-refractivity contribution in [3.05, 3.63) is 71.0 Å². The van der Waals surface area contributed by atoms with Crippen LogP contribution in [0.2, 0.25) is 0 Å². The molecule has 2 rings (SSSR count). The molecular weight excluding hydrogens is 267 g/mol. The zero-order valence-electron chi connectivity index (χ0n) is 12.1. The van der Waals surface area contributed by atoms with Gasteiger partial charge in [0, 0.05) is 6.04 Å². The van der Waals surface area contributed by atoms with Crippen LogP contribution in [0.1, 0.15) is 35.7 Å². The van der Waals surface area contributed by atoms with Gasteiger partial charge in [0.1, 0.15) is 11.9 Å². The van der Waals surface area contributed by atoms with Crippen molar-refractivity contribution in [1.29, 1.82) is 0 Å². The lowest BCUT2D eigenvalue weighted by Crippen LogP contribution is -2.35. The number of rotatable bonds is 5. The summed E-state index contributed by atoms with van der Waals surface area (Å²) < 4.78 is 13.0. The molecular formula is C17H19FN2O. The number of carbonyl (C=O) groups is 1. The van der Waals surface area contributed by atoms with Gasteiger partial charge in [-0.05, 0) is 42.7 Å². The maximum absolute atomic E-state index is 13.0. The Balaban J connectivity index is 2.23. The first-order valence-electron chi connectivity index (χ1n) is 6.85. The summed E-state index contributed by atoms with van der Waals surface area (Å²) in [6, 6.07) is 13.0. The molecule has 2 aromatic carbocycles. The topological polar surface area (TPSA) is 55.1 Å². The van der Waals surface area contributed by atoms with Crippen molar-refractivity contribution in [2.75, 3.05) is 0 Å². The lowest BCUT2D eigenvalue weighted by Gasteiger charge is -2.23. The van der Waals surface area contributed by atoms with Gasteiger partial charge in [-0.25, -0.2) is 4.39 Å². The van der Waals surface area contributed by atoms with Crippen LogP contribution in [0.15, 0.2) is 48.5 Å². The Morgan fingerprint density at radius 2 is 1.76 bits per heavy atom. The van der Waals surface area contributed by atoms with E-state index >= 15 is 0 Å². The van der Waals surface area contributed by atoms with E-state index in [0.29, 0.717) is 5.56 Å². The Bertz CT molecular complexity index is 625. The number of primary amides is 1. The molecule has 1 amide bonds. The second-order valence-corrected chi connectivity index (χ2v) is 5.13. The van der Waals surface area contributed by atoms with Crippen LogP contribution in [0, 0.1) is 12.7 Å². The van der Waals surface area contributed by atoms with Gasteiger partial charge in [-0.3, -0.25) is 10.1 Å². The van der Waals surface area contributed by atoms with Gasteiger partial charge < -0.3 is 5.73 Å². The monoisotopic (exact) mass is 286 g/mol. The SMILES string of the molecule is Cc1ccccc1C(C)NC(C(N)=O)c1ccc(F)cc1. The van der Waals surface area contributed by atoms with Gasteiger partial charge in [0.25, 0.3) is 0 Å². The van der Waals surface area contributed by atoms with Crippen molar-refractivity contribution >= 4 is 5.91 Å². The second-order valence-electron chi connectivity index (χ2n) is 5.13. The molecule has 0 bridgehead atoms. The summed E-state index contributed by atoms with van der Waals surface area (Å²) >= 11 is 0. The maximum Gasteiger partial charge on any atom is 0.239 e. The third-order valence-electron chi connectivity index (χ3n) is 3.56. The molecule has 0 radical (unpaired) electrons. The predicted octanol–water partition coefficient (Wildman–Crippen LogP) is 3.01. The third-order valence-corrected chi connectivity index (χ3v) is 3.56. The Morgan fingerprint density at radius 1 is 1.14 bits per heavy atom. The van der Waals surface area contributed by atoms with Gasteiger partial charge in [-0.2, -0.15) is 0 Å². The number of hydrogen-bond donors (Lipinski definition) is 2. The van der Waals surface area contributed by atoms with E-state index in [0.717, 1.165) is 11.1 Å². The number of amides is 1. The molecule has 3 nitrogen and oxygen atoms in total. The molecule has 110 valence electrons. The first-order valence-corrected chi connectivity index (χ1v) is 6.85. The summed E-state index contributed by atoms with van der Waals surface area (Å²) in [6.07, 6.45) is 0. The molecule has 0 aromatic heterocycles. The Hall–Kier alpha value is -2.20. The number of halogens is 1. The molecule has 0 spiro atoms. The van der Waals surface area contributed by atoms with Crippen molar-refractivity contribution in [1.82, 2.24) is 5.32 Å². The van der Waals surface area contributed by atoms with E-state index in [4.69, 9.17) is 5.73 Å². The molecule has 0 aliphatic rings. The van der Waals surface area contributed by atoms with Crippen LogP contribution >= 0.6 is 0 Å². The van der Waals surface area contributed by atoms with Crippen LogP contribution in [-0.2, 0) is 4.79 Å². The molecule has 0 saturated carbocycles. The third kappa shape index (κ3) is 3.67. The fourth-order valence-corrected chi connectivity index (χ4v) is 2.41. The largest absolute Gasteiger partial charge is 0.368 e. The zero-order chi connectivity index (χ0) is 15.4. The normalized spacial score (nSPS) is 13.7. The highest BCUT2D eigenvalue weighted by molar-refractivity contribution is 5.81. The molecule has 21 heavy (non-hydrogen) atoms. The Labute approximate surface area is 124 Å². The second kappa shape index (κ2) is 6.50. The summed E-state index contributed by atoms with van der Waals surface area (Å²) in [5.41, 5.74) is 8.37. The summed E-state index contributed by atoms with van der Waals surface area (Å²) in [4.78, 5) is 11.7. The van der Waals surface area contributed by atoms with Crippen LogP contribution in [0.3, 0.4) is 0 Å². The van der Waals surface area contributed by atoms with Crippen molar-refractivity contribution in [3.8, 4) is 0 Å². The van der Waals surface area contributed by atoms with Gasteiger partial charge in [0.15, 0.2) is 0 Å². The molecule has 0 saturated heterocycles. The van der Waals surface area contributed by atoms with E-state index in [1.807, 2.05) is 38.1 Å². The zero-order valence-corrected chi connectivity index (χ0v) is 12.1. The molecule has 2 aromatic rings. The van der Waals surface area contributed by atoms with Crippen LogP contribution in [-0.4, -0.2) is 5.91 Å². The summed E-state index contributed by atoms with van der Waals surface area (Å²) in [5.74, 6) is -0.823. The highest BCUT2D eigenvalue weighted by Crippen LogP contribution is 2.22. The van der Waals surface area contributed by atoms with E-state index in [2.05, 4.69) is 5.32 Å². The molecule has 3 N–H and O–H groups in total. The molecule has 0 fully saturated rings. The van der Waals surface area contributed by atoms with Crippen LogP contribution in [0.4, 0.5) is 4.39 Å². The van der Waals surface area contributed by atoms with Crippen molar-refractivity contribution in [3.63, 3.8) is 0 Å². The number of nitrogens with two attached hydrogens (primary N) is 1. The summed E-state index contributed by atoms with van der Waals surface area (Å²) in [7, 11) is 0. The van der Waals surface area contributed by atoms with E-state index in [-0.39, 0.29) is 11.9 Å². The number of hydrogen-bond acceptors (Lipinski definition) is 2. The van der Waals surface area contributed by atoms with Crippen LogP contribution in [0.5, 0.6) is 0 Å². The van der Waals surface area contributed by atoms with Crippen molar-refractivity contribution < 1.29 is 9.18 Å². The number of carbonyl (C=O) groups excluding carboxylic acids is 1. The molecule has 2 atom stereocenters. The number of nitrogens with one attached hydrogen (secondary N) is 1. The van der Waals surface area contributed by atoms with Crippen LogP contribution < -0.4 is 11.1 Å². The molecule has 0 aliphatic carbocycles. The molecule has 4 heteroatoms. The summed E-state index contributed by atoms with van der Waals surface area (Å²) in [6.45, 7) is 3.99. The first kappa shape index (κ1) is 15.2. The Morgan fingerprint density at radius 3 is 2.33 bits per heavy atom. The highest BCUT2D eigenvalue weighted by Gasteiger charge is 2.21. The lowest BCUT2D eigenvalue weighted by molar-refractivity contribution is -0.120. The standard InChI is InChI=1S/C17H19FN2O/c1-11-5-3-4-6-15(11)12(2)20-16(17(19)21)13-7-9-14(18)10-8-13/h3-10,12,16,20H,1-2H3,(H2,19,21). The molecule has 0 heterocycles. The minimum absolute atomic E-state index is 0.0475. The van der Waals surface area contributed by atoms with E-state index < -0.39 is 11.9 Å². The fraction of sp³-hybridized carbons (Fsp3) is 0.235. The highest BCUT2D eigenvalue weighted by atomic mass is 19.1. The van der Waals surface area contributed by atoms with E-state index in [1.54, 1.807) is 12.1 Å². The van der Waals surface area contributed by atoms with Crippen LogP contribution in [0.25, 0.3) is 0 Å². The fourth-order valence-electron chi connectivity index (χ4n) is 2.41. The molecule has 2 unspecified atom stereocenters. The average Bonchev–Trinajstić information content (AvgIpc) is 2.46. The lowest BCUT2D eigenvalue weighted by atomic mass is 9.99. The van der Waals surface area contributed by atoms with E-state index in [1.165, 1.54) is 12.1 Å². The molecule has 0 aliphatic heterocycles. The van der Waals surface area contributed by atoms with Gasteiger partial charge >= 0.3 is 0 Å². The van der Waals surface area contributed by atoms with Gasteiger partial charge in [0.2, 0.25) is 5.91 Å². The maximum atomic E-state index is 13.0. The quantitative estimate of drug-likeness (QED) is 0.887. The van der Waals surface area contributed by atoms with Gasteiger partial charge in [0.05, 0.1) is 0 Å². The van der Waals surface area contributed by atoms with Crippen molar-refractivity contribution in [2.45, 2.75) is 25.9 Å². The van der Waals surface area contributed by atoms with E-state index in [9.17, 15) is 9.18 Å². The average molecular weight is 286 g/mol. The summed E-state index contributed by atoms with van der Waals surface area (Å²) in [5, 5.41) is 3.21. The minimum Gasteiger partial charge on any atom is -0.368 e.